The number of rotatable bonds is 8. The van der Waals surface area contributed by atoms with Crippen molar-refractivity contribution in [2.45, 2.75) is 52.2 Å². The minimum absolute atomic E-state index is 0.161. The fourth-order valence-electron chi connectivity index (χ4n) is 2.88. The van der Waals surface area contributed by atoms with Crippen LogP contribution >= 0.6 is 0 Å². The van der Waals surface area contributed by atoms with Crippen molar-refractivity contribution in [2.75, 3.05) is 39.9 Å². The summed E-state index contributed by atoms with van der Waals surface area (Å²) in [6.07, 6.45) is 2.34. The summed E-state index contributed by atoms with van der Waals surface area (Å²) < 4.78 is 10.8. The molecule has 0 bridgehead atoms. The van der Waals surface area contributed by atoms with E-state index in [1.54, 1.807) is 7.11 Å². The van der Waals surface area contributed by atoms with Gasteiger partial charge in [0.15, 0.2) is 0 Å². The third kappa shape index (κ3) is 5.24. The third-order valence-electron chi connectivity index (χ3n) is 4.31. The van der Waals surface area contributed by atoms with Gasteiger partial charge in [-0.1, -0.05) is 13.8 Å². The Morgan fingerprint density at radius 2 is 2.14 bits per heavy atom. The Labute approximate surface area is 129 Å². The lowest BCUT2D eigenvalue weighted by Gasteiger charge is -2.40. The minimum Gasteiger partial charge on any atom is -0.465 e. The first-order chi connectivity index (χ1) is 9.96. The molecule has 0 aromatic carbocycles. The molecule has 0 aromatic heterocycles. The molecule has 0 spiro atoms. The Morgan fingerprint density at radius 3 is 2.71 bits per heavy atom. The summed E-state index contributed by atoms with van der Waals surface area (Å²) in [4.78, 5) is 14.6. The molecule has 1 aliphatic heterocycles. The number of carbonyl (C=O) groups is 1. The van der Waals surface area contributed by atoms with Crippen molar-refractivity contribution >= 4 is 5.97 Å². The van der Waals surface area contributed by atoms with Gasteiger partial charge in [0.2, 0.25) is 0 Å². The van der Waals surface area contributed by atoms with Gasteiger partial charge in [-0.15, -0.1) is 0 Å². The number of piperidine rings is 1. The predicted octanol–water partition coefficient (Wildman–Crippen LogP) is 1.66. The van der Waals surface area contributed by atoms with Crippen molar-refractivity contribution in [3.63, 3.8) is 0 Å². The lowest BCUT2D eigenvalue weighted by molar-refractivity contribution is -0.152. The van der Waals surface area contributed by atoms with Crippen molar-refractivity contribution in [3.8, 4) is 0 Å². The molecule has 0 saturated carbocycles. The van der Waals surface area contributed by atoms with Crippen LogP contribution in [0.3, 0.4) is 0 Å². The number of hydrogen-bond acceptors (Lipinski definition) is 5. The molecular weight excluding hydrogens is 268 g/mol. The monoisotopic (exact) mass is 300 g/mol. The molecule has 5 heteroatoms. The smallest absolute Gasteiger partial charge is 0.327 e. The molecule has 1 heterocycles. The van der Waals surface area contributed by atoms with Crippen LogP contribution in [0.25, 0.3) is 0 Å². The lowest BCUT2D eigenvalue weighted by atomic mass is 9.93. The molecule has 5 nitrogen and oxygen atoms in total. The van der Waals surface area contributed by atoms with Crippen molar-refractivity contribution in [3.05, 3.63) is 0 Å². The quantitative estimate of drug-likeness (QED) is 0.691. The number of hydrogen-bond donors (Lipinski definition) is 1. The number of ether oxygens (including phenoxy) is 2. The standard InChI is InChI=1S/C16H32N2O3/c1-6-9-17-16(4,15(19)21-7-2)12-18-10-8-13(3)14(11-18)20-5/h13-14,17H,6-12H2,1-5H3. The van der Waals surface area contributed by atoms with E-state index < -0.39 is 5.54 Å². The summed E-state index contributed by atoms with van der Waals surface area (Å²) >= 11 is 0. The molecule has 3 atom stereocenters. The second kappa shape index (κ2) is 8.71. The summed E-state index contributed by atoms with van der Waals surface area (Å²) in [7, 11) is 1.77. The van der Waals surface area contributed by atoms with E-state index in [2.05, 4.69) is 24.1 Å². The molecule has 1 N–H and O–H groups in total. The minimum atomic E-state index is -0.648. The summed E-state index contributed by atoms with van der Waals surface area (Å²) in [6, 6.07) is 0. The first-order valence-corrected chi connectivity index (χ1v) is 8.14. The second-order valence-electron chi connectivity index (χ2n) is 6.25. The number of methoxy groups -OCH3 is 1. The van der Waals surface area contributed by atoms with Crippen molar-refractivity contribution in [1.29, 1.82) is 0 Å². The van der Waals surface area contributed by atoms with Gasteiger partial charge in [-0.05, 0) is 45.7 Å². The normalized spacial score (nSPS) is 26.3. The van der Waals surface area contributed by atoms with Crippen molar-refractivity contribution in [2.24, 2.45) is 5.92 Å². The van der Waals surface area contributed by atoms with E-state index in [1.807, 2.05) is 13.8 Å². The summed E-state index contributed by atoms with van der Waals surface area (Å²) in [5.74, 6) is 0.412. The zero-order valence-electron chi connectivity index (χ0n) is 14.3. The van der Waals surface area contributed by atoms with Gasteiger partial charge in [0.1, 0.15) is 5.54 Å². The number of carbonyl (C=O) groups excluding carboxylic acids is 1. The van der Waals surface area contributed by atoms with E-state index in [1.165, 1.54) is 0 Å². The van der Waals surface area contributed by atoms with Gasteiger partial charge in [-0.3, -0.25) is 9.69 Å². The second-order valence-corrected chi connectivity index (χ2v) is 6.25. The maximum Gasteiger partial charge on any atom is 0.327 e. The highest BCUT2D eigenvalue weighted by molar-refractivity contribution is 5.80. The van der Waals surface area contributed by atoms with E-state index in [0.29, 0.717) is 19.1 Å². The highest BCUT2D eigenvalue weighted by Crippen LogP contribution is 2.21. The molecular formula is C16H32N2O3. The maximum absolute atomic E-state index is 12.3. The molecule has 1 saturated heterocycles. The molecule has 124 valence electrons. The van der Waals surface area contributed by atoms with Crippen LogP contribution in [0.4, 0.5) is 0 Å². The summed E-state index contributed by atoms with van der Waals surface area (Å²) in [6.45, 7) is 11.9. The Kier molecular flexibility index (Phi) is 7.63. The Bertz CT molecular complexity index is 325. The average Bonchev–Trinajstić information content (AvgIpc) is 2.47. The summed E-state index contributed by atoms with van der Waals surface area (Å²) in [5, 5.41) is 3.36. The lowest BCUT2D eigenvalue weighted by Crippen LogP contribution is -2.60. The van der Waals surface area contributed by atoms with Gasteiger partial charge < -0.3 is 14.8 Å². The summed E-state index contributed by atoms with van der Waals surface area (Å²) in [5.41, 5.74) is -0.648. The molecule has 21 heavy (non-hydrogen) atoms. The average molecular weight is 300 g/mol. The van der Waals surface area contributed by atoms with E-state index in [-0.39, 0.29) is 12.1 Å². The van der Waals surface area contributed by atoms with Crippen LogP contribution in [0.5, 0.6) is 0 Å². The van der Waals surface area contributed by atoms with E-state index >= 15 is 0 Å². The fraction of sp³-hybridized carbons (Fsp3) is 0.938. The van der Waals surface area contributed by atoms with Crippen LogP contribution in [-0.4, -0.2) is 62.4 Å². The highest BCUT2D eigenvalue weighted by Gasteiger charge is 2.38. The van der Waals surface area contributed by atoms with E-state index in [0.717, 1.165) is 32.5 Å². The zero-order chi connectivity index (χ0) is 15.9. The van der Waals surface area contributed by atoms with Crippen LogP contribution in [0.15, 0.2) is 0 Å². The van der Waals surface area contributed by atoms with E-state index in [9.17, 15) is 4.79 Å². The Balaban J connectivity index is 2.69. The molecule has 0 aromatic rings. The molecule has 1 aliphatic rings. The molecule has 0 radical (unpaired) electrons. The molecule has 1 rings (SSSR count). The first kappa shape index (κ1) is 18.4. The predicted molar refractivity (Wildman–Crippen MR) is 84.3 cm³/mol. The zero-order valence-corrected chi connectivity index (χ0v) is 14.3. The number of likely N-dealkylation sites (tertiary alicyclic amines) is 1. The van der Waals surface area contributed by atoms with Crippen LogP contribution in [0.2, 0.25) is 0 Å². The molecule has 0 aliphatic carbocycles. The van der Waals surface area contributed by atoms with Crippen LogP contribution < -0.4 is 5.32 Å². The van der Waals surface area contributed by atoms with E-state index in [4.69, 9.17) is 9.47 Å². The SMILES string of the molecule is CCCNC(C)(CN1CCC(C)C(OC)C1)C(=O)OCC. The number of esters is 1. The molecule has 0 amide bonds. The van der Waals surface area contributed by atoms with Gasteiger partial charge >= 0.3 is 5.97 Å². The maximum atomic E-state index is 12.3. The van der Waals surface area contributed by atoms with Crippen LogP contribution in [0, 0.1) is 5.92 Å². The van der Waals surface area contributed by atoms with Crippen LogP contribution in [0.1, 0.15) is 40.5 Å². The van der Waals surface area contributed by atoms with Gasteiger partial charge in [-0.25, -0.2) is 0 Å². The Hall–Kier alpha value is -0.650. The third-order valence-corrected chi connectivity index (χ3v) is 4.31. The van der Waals surface area contributed by atoms with Gasteiger partial charge in [-0.2, -0.15) is 0 Å². The first-order valence-electron chi connectivity index (χ1n) is 8.14. The Morgan fingerprint density at radius 1 is 1.43 bits per heavy atom. The van der Waals surface area contributed by atoms with Gasteiger partial charge in [0.25, 0.3) is 0 Å². The topological polar surface area (TPSA) is 50.8 Å². The van der Waals surface area contributed by atoms with Gasteiger partial charge in [0.05, 0.1) is 12.7 Å². The largest absolute Gasteiger partial charge is 0.465 e. The molecule has 1 fully saturated rings. The highest BCUT2D eigenvalue weighted by atomic mass is 16.5. The van der Waals surface area contributed by atoms with Crippen molar-refractivity contribution in [1.82, 2.24) is 10.2 Å². The number of nitrogens with one attached hydrogen (secondary N) is 1. The fourth-order valence-corrected chi connectivity index (χ4v) is 2.88. The van der Waals surface area contributed by atoms with Crippen LogP contribution in [-0.2, 0) is 14.3 Å². The van der Waals surface area contributed by atoms with Crippen molar-refractivity contribution < 1.29 is 14.3 Å². The molecule has 3 unspecified atom stereocenters. The van der Waals surface area contributed by atoms with Gasteiger partial charge in [0, 0.05) is 20.2 Å². The number of nitrogens with zero attached hydrogens (tertiary/aromatic N) is 1.